The van der Waals surface area contributed by atoms with Gasteiger partial charge < -0.3 is 10.1 Å². The Morgan fingerprint density at radius 2 is 1.95 bits per heavy atom. The van der Waals surface area contributed by atoms with Gasteiger partial charge in [0.2, 0.25) is 0 Å². The first-order valence-corrected chi connectivity index (χ1v) is 6.64. The van der Waals surface area contributed by atoms with Crippen LogP contribution in [0.15, 0.2) is 42.5 Å². The molecular weight excluding hydrogens is 258 g/mol. The maximum absolute atomic E-state index is 6.12. The van der Waals surface area contributed by atoms with E-state index in [2.05, 4.69) is 43.4 Å². The van der Waals surface area contributed by atoms with Crippen molar-refractivity contribution < 1.29 is 4.74 Å². The molecule has 2 aromatic rings. The molecule has 19 heavy (non-hydrogen) atoms. The highest BCUT2D eigenvalue weighted by atomic mass is 35.5. The summed E-state index contributed by atoms with van der Waals surface area (Å²) in [7, 11) is 1.61. The minimum Gasteiger partial charge on any atom is -0.495 e. The second-order valence-electron chi connectivity index (χ2n) is 4.63. The zero-order valence-corrected chi connectivity index (χ0v) is 12.2. The fourth-order valence-corrected chi connectivity index (χ4v) is 2.29. The van der Waals surface area contributed by atoms with Gasteiger partial charge >= 0.3 is 0 Å². The molecule has 0 amide bonds. The van der Waals surface area contributed by atoms with E-state index in [-0.39, 0.29) is 6.04 Å². The summed E-state index contributed by atoms with van der Waals surface area (Å²) in [4.78, 5) is 0. The van der Waals surface area contributed by atoms with Crippen LogP contribution in [-0.2, 0) is 0 Å². The molecule has 1 atom stereocenters. The Morgan fingerprint density at radius 3 is 2.58 bits per heavy atom. The second-order valence-corrected chi connectivity index (χ2v) is 5.04. The largest absolute Gasteiger partial charge is 0.495 e. The van der Waals surface area contributed by atoms with Gasteiger partial charge in [-0.1, -0.05) is 41.4 Å². The number of ether oxygens (including phenoxy) is 1. The van der Waals surface area contributed by atoms with Crippen LogP contribution in [0.25, 0.3) is 0 Å². The number of hydrogen-bond donors (Lipinski definition) is 1. The highest BCUT2D eigenvalue weighted by molar-refractivity contribution is 6.32. The van der Waals surface area contributed by atoms with Gasteiger partial charge in [0.15, 0.2) is 0 Å². The van der Waals surface area contributed by atoms with E-state index >= 15 is 0 Å². The van der Waals surface area contributed by atoms with Gasteiger partial charge in [-0.2, -0.15) is 0 Å². The Balaban J connectivity index is 2.14. The SMILES string of the molecule is COc1ccc(NC(C)c2cccc(C)c2)cc1Cl. The van der Waals surface area contributed by atoms with E-state index < -0.39 is 0 Å². The molecule has 0 spiro atoms. The molecule has 2 aromatic carbocycles. The molecule has 0 aliphatic rings. The number of nitrogens with one attached hydrogen (secondary N) is 1. The third-order valence-corrected chi connectivity index (χ3v) is 3.37. The van der Waals surface area contributed by atoms with Crippen molar-refractivity contribution in [2.24, 2.45) is 0 Å². The lowest BCUT2D eigenvalue weighted by atomic mass is 10.1. The van der Waals surface area contributed by atoms with Crippen LogP contribution >= 0.6 is 11.6 Å². The fourth-order valence-electron chi connectivity index (χ4n) is 2.03. The predicted octanol–water partition coefficient (Wildman–Crippen LogP) is 4.83. The number of methoxy groups -OCH3 is 1. The summed E-state index contributed by atoms with van der Waals surface area (Å²) in [6, 6.07) is 14.4. The molecule has 0 aliphatic carbocycles. The Kier molecular flexibility index (Phi) is 4.33. The topological polar surface area (TPSA) is 21.3 Å². The molecule has 1 unspecified atom stereocenters. The van der Waals surface area contributed by atoms with Crippen LogP contribution in [-0.4, -0.2) is 7.11 Å². The van der Waals surface area contributed by atoms with Gasteiger partial charge in [-0.15, -0.1) is 0 Å². The highest BCUT2D eigenvalue weighted by Crippen LogP contribution is 2.29. The first-order chi connectivity index (χ1) is 9.10. The van der Waals surface area contributed by atoms with E-state index in [0.717, 1.165) is 5.69 Å². The smallest absolute Gasteiger partial charge is 0.137 e. The number of hydrogen-bond acceptors (Lipinski definition) is 2. The molecule has 0 aliphatic heterocycles. The molecule has 1 N–H and O–H groups in total. The van der Waals surface area contributed by atoms with E-state index in [0.29, 0.717) is 10.8 Å². The van der Waals surface area contributed by atoms with Gasteiger partial charge in [-0.3, -0.25) is 0 Å². The number of aryl methyl sites for hydroxylation is 1. The van der Waals surface area contributed by atoms with Crippen LogP contribution in [0.2, 0.25) is 5.02 Å². The van der Waals surface area contributed by atoms with E-state index in [1.807, 2.05) is 18.2 Å². The van der Waals surface area contributed by atoms with Crippen LogP contribution in [0.5, 0.6) is 5.75 Å². The lowest BCUT2D eigenvalue weighted by molar-refractivity contribution is 0.415. The lowest BCUT2D eigenvalue weighted by Gasteiger charge is -2.17. The average molecular weight is 276 g/mol. The van der Waals surface area contributed by atoms with E-state index in [1.54, 1.807) is 7.11 Å². The van der Waals surface area contributed by atoms with Crippen LogP contribution in [0.4, 0.5) is 5.69 Å². The summed E-state index contributed by atoms with van der Waals surface area (Å²) in [5.74, 6) is 0.690. The van der Waals surface area contributed by atoms with Crippen LogP contribution in [0, 0.1) is 6.92 Å². The lowest BCUT2D eigenvalue weighted by Crippen LogP contribution is -2.06. The molecule has 2 rings (SSSR count). The number of rotatable bonds is 4. The van der Waals surface area contributed by atoms with Crippen molar-refractivity contribution in [3.05, 3.63) is 58.6 Å². The second kappa shape index (κ2) is 5.98. The normalized spacial score (nSPS) is 12.0. The molecule has 0 bridgehead atoms. The Labute approximate surface area is 119 Å². The van der Waals surface area contributed by atoms with Crippen LogP contribution in [0.1, 0.15) is 24.1 Å². The van der Waals surface area contributed by atoms with E-state index in [4.69, 9.17) is 16.3 Å². The molecule has 0 radical (unpaired) electrons. The molecule has 2 nitrogen and oxygen atoms in total. The predicted molar refractivity (Wildman–Crippen MR) is 81.2 cm³/mol. The van der Waals surface area contributed by atoms with Crippen molar-refractivity contribution in [1.29, 1.82) is 0 Å². The quantitative estimate of drug-likeness (QED) is 0.863. The minimum absolute atomic E-state index is 0.226. The van der Waals surface area contributed by atoms with Gasteiger partial charge in [-0.05, 0) is 37.6 Å². The fraction of sp³-hybridized carbons (Fsp3) is 0.250. The molecular formula is C16H18ClNO. The standard InChI is InChI=1S/C16H18ClNO/c1-11-5-4-6-13(9-11)12(2)18-14-7-8-16(19-3)15(17)10-14/h4-10,12,18H,1-3H3. The van der Waals surface area contributed by atoms with Crippen molar-refractivity contribution in [2.45, 2.75) is 19.9 Å². The third-order valence-electron chi connectivity index (χ3n) is 3.08. The molecule has 0 heterocycles. The monoisotopic (exact) mass is 275 g/mol. The van der Waals surface area contributed by atoms with Crippen LogP contribution < -0.4 is 10.1 Å². The first kappa shape index (κ1) is 13.8. The zero-order valence-electron chi connectivity index (χ0n) is 11.4. The average Bonchev–Trinajstić information content (AvgIpc) is 2.39. The summed E-state index contributed by atoms with van der Waals surface area (Å²) in [5, 5.41) is 4.05. The summed E-state index contributed by atoms with van der Waals surface area (Å²) in [6.45, 7) is 4.23. The van der Waals surface area contributed by atoms with Crippen molar-refractivity contribution in [3.63, 3.8) is 0 Å². The summed E-state index contributed by atoms with van der Waals surface area (Å²) in [5.41, 5.74) is 3.51. The van der Waals surface area contributed by atoms with Crippen molar-refractivity contribution in [1.82, 2.24) is 0 Å². The molecule has 0 aromatic heterocycles. The molecule has 0 fully saturated rings. The summed E-state index contributed by atoms with van der Waals surface area (Å²) >= 11 is 6.12. The van der Waals surface area contributed by atoms with E-state index in [1.165, 1.54) is 11.1 Å². The van der Waals surface area contributed by atoms with Gasteiger partial charge in [0.1, 0.15) is 5.75 Å². The number of anilines is 1. The van der Waals surface area contributed by atoms with Crippen LogP contribution in [0.3, 0.4) is 0 Å². The van der Waals surface area contributed by atoms with Gasteiger partial charge in [0.25, 0.3) is 0 Å². The summed E-state index contributed by atoms with van der Waals surface area (Å²) < 4.78 is 5.15. The van der Waals surface area contributed by atoms with Crippen molar-refractivity contribution in [2.75, 3.05) is 12.4 Å². The molecule has 0 saturated heterocycles. The Bertz CT molecular complexity index is 568. The van der Waals surface area contributed by atoms with Gasteiger partial charge in [-0.25, -0.2) is 0 Å². The maximum Gasteiger partial charge on any atom is 0.137 e. The third kappa shape index (κ3) is 3.42. The Morgan fingerprint density at radius 1 is 1.16 bits per heavy atom. The summed E-state index contributed by atoms with van der Waals surface area (Å²) in [6.07, 6.45) is 0. The highest BCUT2D eigenvalue weighted by Gasteiger charge is 2.07. The molecule has 100 valence electrons. The Hall–Kier alpha value is -1.67. The maximum atomic E-state index is 6.12. The van der Waals surface area contributed by atoms with E-state index in [9.17, 15) is 0 Å². The van der Waals surface area contributed by atoms with Crippen molar-refractivity contribution >= 4 is 17.3 Å². The zero-order chi connectivity index (χ0) is 13.8. The van der Waals surface area contributed by atoms with Crippen molar-refractivity contribution in [3.8, 4) is 5.75 Å². The minimum atomic E-state index is 0.226. The van der Waals surface area contributed by atoms with Gasteiger partial charge in [0, 0.05) is 11.7 Å². The molecule has 0 saturated carbocycles. The van der Waals surface area contributed by atoms with Gasteiger partial charge in [0.05, 0.1) is 12.1 Å². The number of halogens is 1. The number of benzene rings is 2. The first-order valence-electron chi connectivity index (χ1n) is 6.27. The molecule has 3 heteroatoms.